The summed E-state index contributed by atoms with van der Waals surface area (Å²) < 4.78 is 16.7. The number of amides is 1. The maximum atomic E-state index is 12.8. The largest absolute Gasteiger partial charge is 0.481 e. The van der Waals surface area contributed by atoms with E-state index in [1.54, 1.807) is 25.3 Å². The molecule has 2 unspecified atom stereocenters. The van der Waals surface area contributed by atoms with Crippen LogP contribution in [0.4, 0.5) is 4.79 Å². The second-order valence-electron chi connectivity index (χ2n) is 8.70. The molecule has 2 N–H and O–H groups in total. The molecule has 0 aromatic carbocycles. The van der Waals surface area contributed by atoms with Crippen LogP contribution in [0, 0.1) is 0 Å². The van der Waals surface area contributed by atoms with Gasteiger partial charge in [-0.15, -0.1) is 24.0 Å². The first kappa shape index (κ1) is 27.2. The smallest absolute Gasteiger partial charge is 0.412 e. The number of aromatic nitrogens is 1. The van der Waals surface area contributed by atoms with Crippen LogP contribution >= 0.6 is 24.0 Å². The van der Waals surface area contributed by atoms with E-state index < -0.39 is 17.4 Å². The maximum Gasteiger partial charge on any atom is 0.412 e. The molecule has 1 aromatic heterocycles. The molecule has 1 aromatic rings. The van der Waals surface area contributed by atoms with Gasteiger partial charge in [-0.25, -0.2) is 9.78 Å². The molecule has 0 spiro atoms. The molecule has 1 aliphatic heterocycles. The molecule has 31 heavy (non-hydrogen) atoms. The quantitative estimate of drug-likeness (QED) is 0.331. The van der Waals surface area contributed by atoms with Crippen molar-refractivity contribution in [2.45, 2.75) is 71.6 Å². The minimum absolute atomic E-state index is 0. The number of rotatable bonds is 5. The summed E-state index contributed by atoms with van der Waals surface area (Å²) in [6.07, 6.45) is 1.19. The van der Waals surface area contributed by atoms with Crippen LogP contribution < -0.4 is 15.4 Å². The van der Waals surface area contributed by atoms with Gasteiger partial charge in [0.15, 0.2) is 5.96 Å². The standard InChI is InChI=1S/C21H35N5O4.HI/c1-14-16(26(21(5,6)29-14)19(27)30-20(2,3)4)13-25-18(22-7)24-12-15-9-10-17(28-8)23-11-15;/h9-11,14,16H,12-13H2,1-8H3,(H2,22,24,25);1H. The summed E-state index contributed by atoms with van der Waals surface area (Å²) in [7, 11) is 3.29. The molecule has 1 amide bonds. The van der Waals surface area contributed by atoms with Gasteiger partial charge in [-0.3, -0.25) is 9.89 Å². The van der Waals surface area contributed by atoms with Gasteiger partial charge >= 0.3 is 6.09 Å². The number of halogens is 1. The zero-order valence-corrected chi connectivity index (χ0v) is 22.0. The first-order chi connectivity index (χ1) is 14.0. The number of carbonyl (C=O) groups is 1. The third kappa shape index (κ3) is 7.67. The predicted molar refractivity (Wildman–Crippen MR) is 131 cm³/mol. The molecule has 0 radical (unpaired) electrons. The van der Waals surface area contributed by atoms with Crippen molar-refractivity contribution in [1.82, 2.24) is 20.5 Å². The summed E-state index contributed by atoms with van der Waals surface area (Å²) in [6, 6.07) is 3.54. The number of hydrogen-bond acceptors (Lipinski definition) is 6. The molecule has 10 heteroatoms. The van der Waals surface area contributed by atoms with Crippen molar-refractivity contribution in [1.29, 1.82) is 0 Å². The minimum atomic E-state index is -0.764. The van der Waals surface area contributed by atoms with Crippen molar-refractivity contribution in [3.8, 4) is 5.88 Å². The van der Waals surface area contributed by atoms with Gasteiger partial charge in [0.2, 0.25) is 5.88 Å². The lowest BCUT2D eigenvalue weighted by Crippen LogP contribution is -2.54. The summed E-state index contributed by atoms with van der Waals surface area (Å²) in [4.78, 5) is 23.0. The van der Waals surface area contributed by atoms with Gasteiger partial charge in [0.25, 0.3) is 0 Å². The Bertz CT molecular complexity index is 749. The van der Waals surface area contributed by atoms with Crippen molar-refractivity contribution in [2.24, 2.45) is 4.99 Å². The van der Waals surface area contributed by atoms with Crippen LogP contribution in [0.3, 0.4) is 0 Å². The number of hydrogen-bond donors (Lipinski definition) is 2. The van der Waals surface area contributed by atoms with Crippen LogP contribution in [-0.4, -0.2) is 66.1 Å². The summed E-state index contributed by atoms with van der Waals surface area (Å²) in [5, 5.41) is 6.53. The minimum Gasteiger partial charge on any atom is -0.481 e. The SMILES string of the molecule is CN=C(NCc1ccc(OC)nc1)NCC1C(C)OC(C)(C)N1C(=O)OC(C)(C)C.I. The lowest BCUT2D eigenvalue weighted by molar-refractivity contribution is -0.0755. The van der Waals surface area contributed by atoms with Crippen molar-refractivity contribution < 1.29 is 19.0 Å². The average molecular weight is 549 g/mol. The van der Waals surface area contributed by atoms with Crippen molar-refractivity contribution in [3.63, 3.8) is 0 Å². The summed E-state index contributed by atoms with van der Waals surface area (Å²) in [6.45, 7) is 12.3. The number of nitrogens with one attached hydrogen (secondary N) is 2. The molecular formula is C21H36IN5O4. The van der Waals surface area contributed by atoms with Gasteiger partial charge in [0.05, 0.1) is 19.3 Å². The lowest BCUT2D eigenvalue weighted by atomic mass is 10.1. The zero-order valence-electron chi connectivity index (χ0n) is 19.7. The Hall–Kier alpha value is -1.82. The van der Waals surface area contributed by atoms with Gasteiger partial charge in [-0.2, -0.15) is 0 Å². The van der Waals surface area contributed by atoms with E-state index in [2.05, 4.69) is 20.6 Å². The monoisotopic (exact) mass is 549 g/mol. The predicted octanol–water partition coefficient (Wildman–Crippen LogP) is 3.13. The van der Waals surface area contributed by atoms with E-state index in [1.807, 2.05) is 53.7 Å². The maximum absolute atomic E-state index is 12.8. The highest BCUT2D eigenvalue weighted by Gasteiger charge is 2.49. The number of carbonyl (C=O) groups excluding carboxylic acids is 1. The van der Waals surface area contributed by atoms with Crippen molar-refractivity contribution >= 4 is 36.0 Å². The topological polar surface area (TPSA) is 97.3 Å². The molecule has 1 saturated heterocycles. The number of guanidine groups is 1. The van der Waals surface area contributed by atoms with E-state index >= 15 is 0 Å². The zero-order chi connectivity index (χ0) is 22.5. The molecular weight excluding hydrogens is 513 g/mol. The van der Waals surface area contributed by atoms with Crippen LogP contribution in [0.5, 0.6) is 5.88 Å². The fourth-order valence-corrected chi connectivity index (χ4v) is 3.37. The molecule has 1 fully saturated rings. The van der Waals surface area contributed by atoms with Crippen LogP contribution in [0.25, 0.3) is 0 Å². The summed E-state index contributed by atoms with van der Waals surface area (Å²) in [5.41, 5.74) is -0.353. The highest BCUT2D eigenvalue weighted by molar-refractivity contribution is 14.0. The van der Waals surface area contributed by atoms with Crippen LogP contribution in [0.2, 0.25) is 0 Å². The molecule has 9 nitrogen and oxygen atoms in total. The Balaban J connectivity index is 0.00000480. The van der Waals surface area contributed by atoms with E-state index in [-0.39, 0.29) is 36.1 Å². The van der Waals surface area contributed by atoms with Crippen LogP contribution in [0.1, 0.15) is 47.1 Å². The molecule has 2 heterocycles. The van der Waals surface area contributed by atoms with Gasteiger partial charge in [0.1, 0.15) is 11.3 Å². The van der Waals surface area contributed by atoms with E-state index in [4.69, 9.17) is 14.2 Å². The first-order valence-corrected chi connectivity index (χ1v) is 10.1. The van der Waals surface area contributed by atoms with E-state index in [9.17, 15) is 4.79 Å². The number of nitrogens with zero attached hydrogens (tertiary/aromatic N) is 3. The van der Waals surface area contributed by atoms with Crippen molar-refractivity contribution in [2.75, 3.05) is 20.7 Å². The number of methoxy groups -OCH3 is 1. The highest BCUT2D eigenvalue weighted by Crippen LogP contribution is 2.33. The Labute approximate surface area is 202 Å². The van der Waals surface area contributed by atoms with E-state index in [0.29, 0.717) is 24.9 Å². The summed E-state index contributed by atoms with van der Waals surface area (Å²) >= 11 is 0. The molecule has 0 saturated carbocycles. The van der Waals surface area contributed by atoms with E-state index in [1.165, 1.54) is 0 Å². The Kier molecular flexibility index (Phi) is 9.80. The summed E-state index contributed by atoms with van der Waals surface area (Å²) in [5.74, 6) is 1.19. The lowest BCUT2D eigenvalue weighted by Gasteiger charge is -2.35. The molecule has 0 aliphatic carbocycles. The van der Waals surface area contributed by atoms with E-state index in [0.717, 1.165) is 5.56 Å². The Morgan fingerprint density at radius 1 is 1.32 bits per heavy atom. The van der Waals surface area contributed by atoms with Crippen LogP contribution in [0.15, 0.2) is 23.3 Å². The third-order valence-electron chi connectivity index (χ3n) is 4.69. The van der Waals surface area contributed by atoms with Crippen LogP contribution in [-0.2, 0) is 16.0 Å². The second-order valence-corrected chi connectivity index (χ2v) is 8.70. The number of aliphatic imine (C=N–C) groups is 1. The number of pyridine rings is 1. The Morgan fingerprint density at radius 2 is 2.00 bits per heavy atom. The molecule has 1 aliphatic rings. The fourth-order valence-electron chi connectivity index (χ4n) is 3.37. The third-order valence-corrected chi connectivity index (χ3v) is 4.69. The van der Waals surface area contributed by atoms with Gasteiger partial charge in [-0.05, 0) is 47.1 Å². The van der Waals surface area contributed by atoms with Gasteiger partial charge < -0.3 is 24.8 Å². The van der Waals surface area contributed by atoms with Crippen molar-refractivity contribution in [3.05, 3.63) is 23.9 Å². The molecule has 2 atom stereocenters. The fraction of sp³-hybridized carbons (Fsp3) is 0.667. The average Bonchev–Trinajstić information content (AvgIpc) is 2.88. The number of ether oxygens (including phenoxy) is 3. The molecule has 176 valence electrons. The highest BCUT2D eigenvalue weighted by atomic mass is 127. The van der Waals surface area contributed by atoms with Gasteiger partial charge in [0, 0.05) is 32.4 Å². The first-order valence-electron chi connectivity index (χ1n) is 10.1. The van der Waals surface area contributed by atoms with Gasteiger partial charge in [-0.1, -0.05) is 6.07 Å². The molecule has 2 rings (SSSR count). The molecule has 0 bridgehead atoms. The Morgan fingerprint density at radius 3 is 2.52 bits per heavy atom. The second kappa shape index (κ2) is 11.2. The normalized spacial score (nSPS) is 20.6.